The van der Waals surface area contributed by atoms with Crippen LogP contribution in [0.25, 0.3) is 0 Å². The van der Waals surface area contributed by atoms with Gasteiger partial charge in [-0.3, -0.25) is 4.79 Å². The first kappa shape index (κ1) is 13.1. The molecule has 3 heteroatoms. The number of Topliss-reactive ketones (excluding diaryl/α,β-unsaturated/α-hetero) is 1. The molecule has 0 aliphatic heterocycles. The molecule has 94 valence electrons. The molecule has 2 nitrogen and oxygen atoms in total. The minimum absolute atomic E-state index is 0.0214. The number of carbonyl (C=O) groups excluding carboxylic acids is 1. The van der Waals surface area contributed by atoms with Crippen molar-refractivity contribution in [2.45, 2.75) is 24.1 Å². The largest absolute Gasteiger partial charge is 0.508 e. The molecule has 0 radical (unpaired) electrons. The summed E-state index contributed by atoms with van der Waals surface area (Å²) < 4.78 is -0.769. The van der Waals surface area contributed by atoms with E-state index in [1.807, 2.05) is 43.4 Å². The van der Waals surface area contributed by atoms with Crippen molar-refractivity contribution in [3.05, 3.63) is 53.6 Å². The minimum Gasteiger partial charge on any atom is -0.508 e. The van der Waals surface area contributed by atoms with Crippen molar-refractivity contribution in [3.63, 3.8) is 0 Å². The number of carbonyl (C=O) groups is 1. The number of benzene rings is 1. The first-order valence-corrected chi connectivity index (χ1v) is 6.60. The van der Waals surface area contributed by atoms with Crippen molar-refractivity contribution in [1.29, 1.82) is 0 Å². The van der Waals surface area contributed by atoms with Gasteiger partial charge in [-0.25, -0.2) is 0 Å². The number of alkyl halides is 1. The number of hydrogen-bond donors (Lipinski definition) is 1. The molecule has 0 spiro atoms. The molecule has 0 saturated carbocycles. The number of aryl methyl sites for hydroxylation is 1. The standard InChI is InChI=1S/C15H15BrO2/c1-10-6-7-12(14(18)9-10)13-5-3-4-8-15(13,16)11(2)17/h3-9,13,18H,1-2H3. The monoisotopic (exact) mass is 306 g/mol. The molecule has 1 aromatic carbocycles. The fourth-order valence-electron chi connectivity index (χ4n) is 2.20. The molecular weight excluding hydrogens is 292 g/mol. The van der Waals surface area contributed by atoms with Gasteiger partial charge in [0.15, 0.2) is 5.78 Å². The van der Waals surface area contributed by atoms with Crippen LogP contribution in [0.4, 0.5) is 0 Å². The zero-order valence-corrected chi connectivity index (χ0v) is 11.9. The first-order valence-electron chi connectivity index (χ1n) is 5.80. The lowest BCUT2D eigenvalue weighted by molar-refractivity contribution is -0.118. The Morgan fingerprint density at radius 1 is 1.39 bits per heavy atom. The lowest BCUT2D eigenvalue weighted by atomic mass is 9.80. The number of halogens is 1. The molecule has 2 unspecified atom stereocenters. The predicted molar refractivity (Wildman–Crippen MR) is 76.2 cm³/mol. The number of ketones is 1. The van der Waals surface area contributed by atoms with E-state index in [2.05, 4.69) is 15.9 Å². The van der Waals surface area contributed by atoms with E-state index in [0.717, 1.165) is 11.1 Å². The van der Waals surface area contributed by atoms with Crippen molar-refractivity contribution in [2.75, 3.05) is 0 Å². The Bertz CT molecular complexity index is 545. The third kappa shape index (κ3) is 2.15. The Balaban J connectivity index is 2.51. The summed E-state index contributed by atoms with van der Waals surface area (Å²) in [5, 5.41) is 10.1. The topological polar surface area (TPSA) is 37.3 Å². The lowest BCUT2D eigenvalue weighted by Gasteiger charge is -2.31. The Hall–Kier alpha value is -1.35. The van der Waals surface area contributed by atoms with Crippen LogP contribution in [0.2, 0.25) is 0 Å². The van der Waals surface area contributed by atoms with Gasteiger partial charge in [0.1, 0.15) is 10.1 Å². The van der Waals surface area contributed by atoms with Gasteiger partial charge in [-0.15, -0.1) is 0 Å². The Morgan fingerprint density at radius 2 is 2.11 bits per heavy atom. The van der Waals surface area contributed by atoms with Gasteiger partial charge in [0.2, 0.25) is 0 Å². The van der Waals surface area contributed by atoms with Crippen molar-refractivity contribution in [2.24, 2.45) is 0 Å². The summed E-state index contributed by atoms with van der Waals surface area (Å²) in [5.41, 5.74) is 1.75. The van der Waals surface area contributed by atoms with Gasteiger partial charge in [-0.1, -0.05) is 52.4 Å². The molecular formula is C15H15BrO2. The SMILES string of the molecule is CC(=O)C1(Br)C=CC=CC1c1ccc(C)cc1O. The van der Waals surface area contributed by atoms with Crippen molar-refractivity contribution in [1.82, 2.24) is 0 Å². The van der Waals surface area contributed by atoms with Crippen LogP contribution in [0.3, 0.4) is 0 Å². The van der Waals surface area contributed by atoms with Gasteiger partial charge >= 0.3 is 0 Å². The molecule has 0 fully saturated rings. The van der Waals surface area contributed by atoms with Crippen molar-refractivity contribution in [3.8, 4) is 5.75 Å². The van der Waals surface area contributed by atoms with Gasteiger partial charge in [0, 0.05) is 11.5 Å². The quantitative estimate of drug-likeness (QED) is 0.847. The van der Waals surface area contributed by atoms with E-state index in [9.17, 15) is 9.90 Å². The number of hydrogen-bond acceptors (Lipinski definition) is 2. The maximum atomic E-state index is 11.9. The van der Waals surface area contributed by atoms with E-state index in [1.165, 1.54) is 0 Å². The molecule has 0 aromatic heterocycles. The van der Waals surface area contributed by atoms with Gasteiger partial charge < -0.3 is 5.11 Å². The normalized spacial score (nSPS) is 26.3. The molecule has 1 aliphatic rings. The van der Waals surface area contributed by atoms with Gasteiger partial charge in [-0.05, 0) is 25.5 Å². The van der Waals surface area contributed by atoms with Crippen LogP contribution in [0.5, 0.6) is 5.75 Å². The molecule has 1 aromatic rings. The highest BCUT2D eigenvalue weighted by Crippen LogP contribution is 2.44. The molecule has 2 atom stereocenters. The Labute approximate surface area is 115 Å². The molecule has 0 heterocycles. The summed E-state index contributed by atoms with van der Waals surface area (Å²) in [6, 6.07) is 5.53. The van der Waals surface area contributed by atoms with Crippen LogP contribution in [0, 0.1) is 6.92 Å². The highest BCUT2D eigenvalue weighted by atomic mass is 79.9. The molecule has 0 amide bonds. The van der Waals surface area contributed by atoms with Crippen LogP contribution < -0.4 is 0 Å². The van der Waals surface area contributed by atoms with Gasteiger partial charge in [0.05, 0.1) is 0 Å². The summed E-state index contributed by atoms with van der Waals surface area (Å²) in [7, 11) is 0. The highest BCUT2D eigenvalue weighted by molar-refractivity contribution is 9.10. The van der Waals surface area contributed by atoms with Crippen molar-refractivity contribution >= 4 is 21.7 Å². The maximum absolute atomic E-state index is 11.9. The number of phenolic OH excluding ortho intramolecular Hbond substituents is 1. The zero-order valence-electron chi connectivity index (χ0n) is 10.4. The molecule has 1 aliphatic carbocycles. The second-order valence-electron chi connectivity index (χ2n) is 4.61. The average molecular weight is 307 g/mol. The second kappa shape index (κ2) is 4.73. The van der Waals surface area contributed by atoms with Gasteiger partial charge in [-0.2, -0.15) is 0 Å². The van der Waals surface area contributed by atoms with Crippen LogP contribution >= 0.6 is 15.9 Å². The van der Waals surface area contributed by atoms with Crippen LogP contribution in [0.15, 0.2) is 42.5 Å². The second-order valence-corrected chi connectivity index (χ2v) is 5.92. The summed E-state index contributed by atoms with van der Waals surface area (Å²) in [4.78, 5) is 11.9. The first-order chi connectivity index (χ1) is 8.45. The summed E-state index contributed by atoms with van der Waals surface area (Å²) in [6.07, 6.45) is 7.50. The average Bonchev–Trinajstić information content (AvgIpc) is 2.30. The predicted octanol–water partition coefficient (Wildman–Crippen LogP) is 3.63. The van der Waals surface area contributed by atoms with Crippen LogP contribution in [-0.2, 0) is 4.79 Å². The number of aromatic hydroxyl groups is 1. The maximum Gasteiger partial charge on any atom is 0.151 e. The van der Waals surface area contributed by atoms with E-state index < -0.39 is 4.32 Å². The molecule has 18 heavy (non-hydrogen) atoms. The van der Waals surface area contributed by atoms with E-state index in [1.54, 1.807) is 13.0 Å². The Morgan fingerprint density at radius 3 is 2.72 bits per heavy atom. The van der Waals surface area contributed by atoms with E-state index in [-0.39, 0.29) is 17.5 Å². The third-order valence-electron chi connectivity index (χ3n) is 3.27. The van der Waals surface area contributed by atoms with Crippen molar-refractivity contribution < 1.29 is 9.90 Å². The lowest BCUT2D eigenvalue weighted by Crippen LogP contribution is -2.35. The van der Waals surface area contributed by atoms with Crippen LogP contribution in [-0.4, -0.2) is 15.2 Å². The summed E-state index contributed by atoms with van der Waals surface area (Å²) in [5.74, 6) is 0.0544. The summed E-state index contributed by atoms with van der Waals surface area (Å²) in [6.45, 7) is 3.48. The van der Waals surface area contributed by atoms with Crippen LogP contribution in [0.1, 0.15) is 24.0 Å². The van der Waals surface area contributed by atoms with Gasteiger partial charge in [0.25, 0.3) is 0 Å². The highest BCUT2D eigenvalue weighted by Gasteiger charge is 2.40. The molecule has 1 N–H and O–H groups in total. The zero-order chi connectivity index (χ0) is 13.3. The fourth-order valence-corrected chi connectivity index (χ4v) is 2.75. The smallest absolute Gasteiger partial charge is 0.151 e. The minimum atomic E-state index is -0.769. The van der Waals surface area contributed by atoms with E-state index in [0.29, 0.717) is 0 Å². The molecule has 0 saturated heterocycles. The third-order valence-corrected chi connectivity index (χ3v) is 4.58. The summed E-state index contributed by atoms with van der Waals surface area (Å²) >= 11 is 3.52. The fraction of sp³-hybridized carbons (Fsp3) is 0.267. The molecule has 2 rings (SSSR count). The van der Waals surface area contributed by atoms with E-state index in [4.69, 9.17) is 0 Å². The number of phenols is 1. The Kier molecular flexibility index (Phi) is 3.44. The van der Waals surface area contributed by atoms with E-state index >= 15 is 0 Å². The number of rotatable bonds is 2. The number of allylic oxidation sites excluding steroid dienone is 4. The molecule has 0 bridgehead atoms.